The molecule has 0 aliphatic carbocycles. The fourth-order valence-corrected chi connectivity index (χ4v) is 2.93. The normalized spacial score (nSPS) is 20.5. The molecule has 1 aliphatic heterocycles. The fourth-order valence-electron chi connectivity index (χ4n) is 2.58. The molecule has 21 heavy (non-hydrogen) atoms. The van der Waals surface area contributed by atoms with Crippen LogP contribution in [0.5, 0.6) is 0 Å². The Morgan fingerprint density at radius 3 is 2.81 bits per heavy atom. The van der Waals surface area contributed by atoms with E-state index in [2.05, 4.69) is 0 Å². The van der Waals surface area contributed by atoms with Crippen LogP contribution in [0.4, 0.5) is 0 Å². The number of likely N-dealkylation sites (N-methyl/N-ethyl adjacent to an activating group) is 1. The van der Waals surface area contributed by atoms with Gasteiger partial charge in [0.1, 0.15) is 5.76 Å². The molecule has 1 fully saturated rings. The van der Waals surface area contributed by atoms with E-state index in [0.29, 0.717) is 6.54 Å². The Balaban J connectivity index is 2.15. The SMILES string of the molecule is CN(CC(=O)N1CCCCC[C@@H]1c1ccco1)S(C)(=O)=O. The molecular weight excluding hydrogens is 292 g/mol. The van der Waals surface area contributed by atoms with Crippen LogP contribution in [0.3, 0.4) is 0 Å². The summed E-state index contributed by atoms with van der Waals surface area (Å²) in [5.74, 6) is 0.596. The first kappa shape index (κ1) is 16.0. The summed E-state index contributed by atoms with van der Waals surface area (Å²) in [5, 5.41) is 0. The first-order valence-electron chi connectivity index (χ1n) is 7.14. The maximum Gasteiger partial charge on any atom is 0.238 e. The summed E-state index contributed by atoms with van der Waals surface area (Å²) in [6.07, 6.45) is 6.60. The number of carbonyl (C=O) groups is 1. The van der Waals surface area contributed by atoms with Crippen LogP contribution in [-0.2, 0) is 14.8 Å². The van der Waals surface area contributed by atoms with Crippen molar-refractivity contribution >= 4 is 15.9 Å². The van der Waals surface area contributed by atoms with Gasteiger partial charge in [0.25, 0.3) is 0 Å². The van der Waals surface area contributed by atoms with Crippen molar-refractivity contribution in [3.63, 3.8) is 0 Å². The lowest BCUT2D eigenvalue weighted by Gasteiger charge is -2.30. The predicted octanol–water partition coefficient (Wildman–Crippen LogP) is 1.61. The van der Waals surface area contributed by atoms with Crippen molar-refractivity contribution in [1.82, 2.24) is 9.21 Å². The molecule has 6 nitrogen and oxygen atoms in total. The Morgan fingerprint density at radius 1 is 1.43 bits per heavy atom. The number of amides is 1. The van der Waals surface area contributed by atoms with Crippen molar-refractivity contribution in [2.45, 2.75) is 31.7 Å². The second-order valence-electron chi connectivity index (χ2n) is 5.49. The zero-order valence-corrected chi connectivity index (χ0v) is 13.3. The summed E-state index contributed by atoms with van der Waals surface area (Å²) in [7, 11) is -1.93. The molecule has 118 valence electrons. The van der Waals surface area contributed by atoms with Gasteiger partial charge in [-0.1, -0.05) is 12.8 Å². The topological polar surface area (TPSA) is 70.8 Å². The summed E-state index contributed by atoms with van der Waals surface area (Å²) in [6, 6.07) is 3.59. The number of hydrogen-bond acceptors (Lipinski definition) is 4. The minimum absolute atomic E-state index is 0.0945. The molecule has 1 atom stereocenters. The molecule has 2 rings (SSSR count). The number of likely N-dealkylation sites (tertiary alicyclic amines) is 1. The fraction of sp³-hybridized carbons (Fsp3) is 0.643. The maximum atomic E-state index is 12.5. The monoisotopic (exact) mass is 314 g/mol. The van der Waals surface area contributed by atoms with Gasteiger partial charge < -0.3 is 9.32 Å². The second kappa shape index (κ2) is 6.62. The highest BCUT2D eigenvalue weighted by atomic mass is 32.2. The number of sulfonamides is 1. The van der Waals surface area contributed by atoms with Crippen molar-refractivity contribution in [2.24, 2.45) is 0 Å². The van der Waals surface area contributed by atoms with Gasteiger partial charge in [-0.25, -0.2) is 8.42 Å². The van der Waals surface area contributed by atoms with Gasteiger partial charge in [-0.3, -0.25) is 4.79 Å². The summed E-state index contributed by atoms with van der Waals surface area (Å²) >= 11 is 0. The lowest BCUT2D eigenvalue weighted by molar-refractivity contribution is -0.134. The van der Waals surface area contributed by atoms with Gasteiger partial charge in [0.2, 0.25) is 15.9 Å². The molecule has 0 saturated carbocycles. The average molecular weight is 314 g/mol. The highest BCUT2D eigenvalue weighted by Gasteiger charge is 2.30. The molecule has 0 radical (unpaired) electrons. The van der Waals surface area contributed by atoms with Crippen molar-refractivity contribution < 1.29 is 17.6 Å². The first-order chi connectivity index (χ1) is 9.89. The predicted molar refractivity (Wildman–Crippen MR) is 79.1 cm³/mol. The van der Waals surface area contributed by atoms with Crippen LogP contribution in [-0.4, -0.2) is 49.9 Å². The Kier molecular flexibility index (Phi) is 5.05. The van der Waals surface area contributed by atoms with Crippen molar-refractivity contribution in [1.29, 1.82) is 0 Å². The standard InChI is InChI=1S/C14H22N2O4S/c1-15(21(2,18)19)11-14(17)16-9-5-3-4-7-12(16)13-8-6-10-20-13/h6,8,10,12H,3-5,7,9,11H2,1-2H3/t12-/m1/s1. The van der Waals surface area contributed by atoms with Gasteiger partial charge >= 0.3 is 0 Å². The summed E-state index contributed by atoms with van der Waals surface area (Å²) in [5.41, 5.74) is 0. The van der Waals surface area contributed by atoms with Crippen LogP contribution in [0, 0.1) is 0 Å². The van der Waals surface area contributed by atoms with Crippen LogP contribution in [0.1, 0.15) is 37.5 Å². The smallest absolute Gasteiger partial charge is 0.238 e. The summed E-state index contributed by atoms with van der Waals surface area (Å²) in [6.45, 7) is 0.512. The van der Waals surface area contributed by atoms with Gasteiger partial charge in [0.15, 0.2) is 0 Å². The molecule has 7 heteroatoms. The number of furan rings is 1. The molecule has 0 N–H and O–H groups in total. The summed E-state index contributed by atoms with van der Waals surface area (Å²) in [4.78, 5) is 14.2. The van der Waals surface area contributed by atoms with Gasteiger partial charge in [0.05, 0.1) is 25.1 Å². The molecule has 1 saturated heterocycles. The molecule has 2 heterocycles. The number of nitrogens with zero attached hydrogens (tertiary/aromatic N) is 2. The molecule has 0 aromatic carbocycles. The van der Waals surface area contributed by atoms with Crippen molar-refractivity contribution in [3.05, 3.63) is 24.2 Å². The van der Waals surface area contributed by atoms with Gasteiger partial charge in [-0.05, 0) is 25.0 Å². The van der Waals surface area contributed by atoms with E-state index in [9.17, 15) is 13.2 Å². The van der Waals surface area contributed by atoms with E-state index in [1.54, 1.807) is 11.2 Å². The molecule has 0 unspecified atom stereocenters. The van der Waals surface area contributed by atoms with E-state index in [1.165, 1.54) is 7.05 Å². The average Bonchev–Trinajstić information content (AvgIpc) is 2.81. The van der Waals surface area contributed by atoms with Gasteiger partial charge in [-0.15, -0.1) is 0 Å². The zero-order chi connectivity index (χ0) is 15.5. The molecule has 1 aliphatic rings. The Morgan fingerprint density at radius 2 is 2.19 bits per heavy atom. The number of rotatable bonds is 4. The van der Waals surface area contributed by atoms with Crippen LogP contribution < -0.4 is 0 Å². The molecule has 1 amide bonds. The first-order valence-corrected chi connectivity index (χ1v) is 8.98. The Labute approximate surface area is 125 Å². The third-order valence-corrected chi connectivity index (χ3v) is 5.13. The van der Waals surface area contributed by atoms with E-state index in [1.807, 2.05) is 12.1 Å². The van der Waals surface area contributed by atoms with Gasteiger partial charge in [-0.2, -0.15) is 4.31 Å². The largest absolute Gasteiger partial charge is 0.467 e. The molecular formula is C14H22N2O4S. The third-order valence-electron chi connectivity index (χ3n) is 3.87. The minimum Gasteiger partial charge on any atom is -0.467 e. The lowest BCUT2D eigenvalue weighted by Crippen LogP contribution is -2.42. The quantitative estimate of drug-likeness (QED) is 0.846. The maximum absolute atomic E-state index is 12.5. The van der Waals surface area contributed by atoms with E-state index in [-0.39, 0.29) is 18.5 Å². The van der Waals surface area contributed by atoms with Crippen molar-refractivity contribution in [3.8, 4) is 0 Å². The second-order valence-corrected chi connectivity index (χ2v) is 7.58. The van der Waals surface area contributed by atoms with Crippen LogP contribution in [0.2, 0.25) is 0 Å². The Hall–Kier alpha value is -1.34. The minimum atomic E-state index is -3.35. The van der Waals surface area contributed by atoms with E-state index in [0.717, 1.165) is 42.0 Å². The van der Waals surface area contributed by atoms with E-state index in [4.69, 9.17) is 4.42 Å². The van der Waals surface area contributed by atoms with Crippen LogP contribution in [0.15, 0.2) is 22.8 Å². The van der Waals surface area contributed by atoms with Gasteiger partial charge in [0, 0.05) is 13.6 Å². The Bertz CT molecular complexity index is 568. The third kappa shape index (κ3) is 4.07. The molecule has 0 spiro atoms. The van der Waals surface area contributed by atoms with Crippen LogP contribution >= 0.6 is 0 Å². The van der Waals surface area contributed by atoms with E-state index < -0.39 is 10.0 Å². The summed E-state index contributed by atoms with van der Waals surface area (Å²) < 4.78 is 29.5. The number of carbonyl (C=O) groups excluding carboxylic acids is 1. The van der Waals surface area contributed by atoms with E-state index >= 15 is 0 Å². The highest BCUT2D eigenvalue weighted by molar-refractivity contribution is 7.88. The lowest BCUT2D eigenvalue weighted by atomic mass is 10.1. The molecule has 0 bridgehead atoms. The highest BCUT2D eigenvalue weighted by Crippen LogP contribution is 2.30. The molecule has 1 aromatic rings. The van der Waals surface area contributed by atoms with Crippen molar-refractivity contribution in [2.75, 3.05) is 26.4 Å². The van der Waals surface area contributed by atoms with Crippen LogP contribution in [0.25, 0.3) is 0 Å². The molecule has 1 aromatic heterocycles. The zero-order valence-electron chi connectivity index (χ0n) is 12.5. The number of hydrogen-bond donors (Lipinski definition) is 0.